The first kappa shape index (κ1) is 11.9. The van der Waals surface area contributed by atoms with E-state index in [1.807, 2.05) is 18.3 Å². The van der Waals surface area contributed by atoms with Crippen LogP contribution in [-0.4, -0.2) is 4.98 Å². The Morgan fingerprint density at radius 3 is 2.76 bits per heavy atom. The third-order valence-electron chi connectivity index (χ3n) is 2.59. The van der Waals surface area contributed by atoms with Crippen molar-refractivity contribution in [2.75, 3.05) is 11.1 Å². The second kappa shape index (κ2) is 4.75. The molecule has 0 aliphatic carbocycles. The number of aryl methyl sites for hydroxylation is 2. The molecule has 1 unspecified atom stereocenters. The van der Waals surface area contributed by atoms with E-state index >= 15 is 0 Å². The number of thiazole rings is 1. The van der Waals surface area contributed by atoms with E-state index in [-0.39, 0.29) is 6.04 Å². The maximum Gasteiger partial charge on any atom is 0.115 e. The first-order chi connectivity index (χ1) is 8.06. The van der Waals surface area contributed by atoms with Crippen molar-refractivity contribution < 1.29 is 0 Å². The van der Waals surface area contributed by atoms with Gasteiger partial charge in [0, 0.05) is 11.1 Å². The molecule has 2 rings (SSSR count). The summed E-state index contributed by atoms with van der Waals surface area (Å²) in [5.74, 6) is 0. The highest BCUT2D eigenvalue weighted by molar-refractivity contribution is 7.11. The Kier molecular flexibility index (Phi) is 3.33. The number of aromatic nitrogens is 1. The van der Waals surface area contributed by atoms with Crippen molar-refractivity contribution in [2.45, 2.75) is 26.8 Å². The van der Waals surface area contributed by atoms with Gasteiger partial charge >= 0.3 is 0 Å². The Bertz CT molecular complexity index is 519. The molecule has 4 heteroatoms. The maximum atomic E-state index is 5.94. The van der Waals surface area contributed by atoms with Gasteiger partial charge in [-0.2, -0.15) is 0 Å². The molecule has 1 atom stereocenters. The Morgan fingerprint density at radius 2 is 2.12 bits per heavy atom. The summed E-state index contributed by atoms with van der Waals surface area (Å²) in [6.07, 6.45) is 1.90. The summed E-state index contributed by atoms with van der Waals surface area (Å²) in [6, 6.07) is 6.18. The monoisotopic (exact) mass is 247 g/mol. The number of benzene rings is 1. The predicted octanol–water partition coefficient (Wildman–Crippen LogP) is 3.52. The molecule has 17 heavy (non-hydrogen) atoms. The van der Waals surface area contributed by atoms with E-state index in [1.165, 1.54) is 10.4 Å². The highest BCUT2D eigenvalue weighted by Crippen LogP contribution is 2.27. The lowest BCUT2D eigenvalue weighted by atomic mass is 10.2. The summed E-state index contributed by atoms with van der Waals surface area (Å²) < 4.78 is 0. The number of nitrogens with two attached hydrogens (primary N) is 1. The minimum atomic E-state index is 0.179. The lowest BCUT2D eigenvalue weighted by molar-refractivity contribution is 0.870. The SMILES string of the molecule is Cc1ccc(N)c(NC(C)c2ncc(C)s2)c1. The zero-order valence-corrected chi connectivity index (χ0v) is 11.1. The van der Waals surface area contributed by atoms with Crippen molar-refractivity contribution in [1.29, 1.82) is 0 Å². The molecule has 0 aliphatic heterocycles. The molecule has 2 aromatic rings. The van der Waals surface area contributed by atoms with Gasteiger partial charge in [0.15, 0.2) is 0 Å². The van der Waals surface area contributed by atoms with Crippen molar-refractivity contribution in [3.05, 3.63) is 39.8 Å². The van der Waals surface area contributed by atoms with E-state index in [4.69, 9.17) is 5.73 Å². The summed E-state index contributed by atoms with van der Waals surface area (Å²) >= 11 is 1.71. The van der Waals surface area contributed by atoms with Crippen LogP contribution in [0.2, 0.25) is 0 Å². The molecule has 0 fully saturated rings. The zero-order chi connectivity index (χ0) is 12.4. The molecule has 0 aliphatic rings. The zero-order valence-electron chi connectivity index (χ0n) is 10.3. The lowest BCUT2D eigenvalue weighted by Crippen LogP contribution is -2.08. The van der Waals surface area contributed by atoms with Crippen LogP contribution in [0.5, 0.6) is 0 Å². The second-order valence-electron chi connectivity index (χ2n) is 4.27. The fourth-order valence-corrected chi connectivity index (χ4v) is 2.44. The summed E-state index contributed by atoms with van der Waals surface area (Å²) in [7, 11) is 0. The smallest absolute Gasteiger partial charge is 0.115 e. The van der Waals surface area contributed by atoms with Crippen molar-refractivity contribution in [3.8, 4) is 0 Å². The first-order valence-corrected chi connectivity index (χ1v) is 6.43. The molecule has 0 saturated carbocycles. The number of rotatable bonds is 3. The van der Waals surface area contributed by atoms with Gasteiger partial charge in [0.2, 0.25) is 0 Å². The number of nitrogens with one attached hydrogen (secondary N) is 1. The van der Waals surface area contributed by atoms with Crippen LogP contribution in [0.1, 0.15) is 28.4 Å². The third kappa shape index (κ3) is 2.77. The molecular formula is C13H17N3S. The molecule has 3 nitrogen and oxygen atoms in total. The van der Waals surface area contributed by atoms with Crippen molar-refractivity contribution in [3.63, 3.8) is 0 Å². The topological polar surface area (TPSA) is 50.9 Å². The van der Waals surface area contributed by atoms with Crippen LogP contribution in [0.3, 0.4) is 0 Å². The van der Waals surface area contributed by atoms with E-state index in [0.29, 0.717) is 0 Å². The van der Waals surface area contributed by atoms with Crippen molar-refractivity contribution in [1.82, 2.24) is 4.98 Å². The van der Waals surface area contributed by atoms with E-state index in [9.17, 15) is 0 Å². The largest absolute Gasteiger partial charge is 0.397 e. The minimum Gasteiger partial charge on any atom is -0.397 e. The first-order valence-electron chi connectivity index (χ1n) is 5.61. The molecule has 1 aromatic carbocycles. The number of nitrogens with zero attached hydrogens (tertiary/aromatic N) is 1. The normalized spacial score (nSPS) is 12.4. The lowest BCUT2D eigenvalue weighted by Gasteiger charge is -2.15. The van der Waals surface area contributed by atoms with Gasteiger partial charge in [-0.1, -0.05) is 6.07 Å². The van der Waals surface area contributed by atoms with Crippen molar-refractivity contribution in [2.24, 2.45) is 0 Å². The maximum absolute atomic E-state index is 5.94. The Balaban J connectivity index is 2.18. The molecule has 1 heterocycles. The standard InChI is InChI=1S/C13H17N3S/c1-8-4-5-11(14)12(6-8)16-10(3)13-15-7-9(2)17-13/h4-7,10,16H,14H2,1-3H3. The fourth-order valence-electron chi connectivity index (χ4n) is 1.66. The van der Waals surface area contributed by atoms with Crippen LogP contribution in [-0.2, 0) is 0 Å². The Hall–Kier alpha value is -1.55. The molecule has 3 N–H and O–H groups in total. The quantitative estimate of drug-likeness (QED) is 0.816. The Morgan fingerprint density at radius 1 is 1.35 bits per heavy atom. The summed E-state index contributed by atoms with van der Waals surface area (Å²) in [4.78, 5) is 5.61. The van der Waals surface area contributed by atoms with Crippen LogP contribution < -0.4 is 11.1 Å². The summed E-state index contributed by atoms with van der Waals surface area (Å²) in [5, 5.41) is 4.49. The molecule has 0 radical (unpaired) electrons. The van der Waals surface area contributed by atoms with Crippen LogP contribution in [0.4, 0.5) is 11.4 Å². The van der Waals surface area contributed by atoms with Crippen LogP contribution in [0, 0.1) is 13.8 Å². The van der Waals surface area contributed by atoms with Crippen LogP contribution in [0.25, 0.3) is 0 Å². The molecule has 0 amide bonds. The average Bonchev–Trinajstić information content (AvgIpc) is 2.70. The molecule has 90 valence electrons. The van der Waals surface area contributed by atoms with Gasteiger partial charge in [-0.15, -0.1) is 11.3 Å². The van der Waals surface area contributed by atoms with Gasteiger partial charge < -0.3 is 11.1 Å². The highest BCUT2D eigenvalue weighted by atomic mass is 32.1. The average molecular weight is 247 g/mol. The summed E-state index contributed by atoms with van der Waals surface area (Å²) in [5.41, 5.74) is 8.89. The van der Waals surface area contributed by atoms with E-state index in [0.717, 1.165) is 16.4 Å². The fraction of sp³-hybridized carbons (Fsp3) is 0.308. The number of nitrogen functional groups attached to an aromatic ring is 1. The van der Waals surface area contributed by atoms with Gasteiger partial charge in [0.05, 0.1) is 17.4 Å². The van der Waals surface area contributed by atoms with Gasteiger partial charge in [-0.05, 0) is 38.5 Å². The molecular weight excluding hydrogens is 230 g/mol. The second-order valence-corrected chi connectivity index (χ2v) is 5.53. The van der Waals surface area contributed by atoms with E-state index in [2.05, 4.69) is 37.1 Å². The van der Waals surface area contributed by atoms with E-state index < -0.39 is 0 Å². The molecule has 0 spiro atoms. The summed E-state index contributed by atoms with van der Waals surface area (Å²) in [6.45, 7) is 6.22. The molecule has 1 aromatic heterocycles. The predicted molar refractivity (Wildman–Crippen MR) is 74.5 cm³/mol. The highest BCUT2D eigenvalue weighted by Gasteiger charge is 2.10. The number of anilines is 2. The minimum absolute atomic E-state index is 0.179. The van der Waals surface area contributed by atoms with Crippen molar-refractivity contribution >= 4 is 22.7 Å². The number of hydrogen-bond acceptors (Lipinski definition) is 4. The van der Waals surface area contributed by atoms with Gasteiger partial charge in [-0.3, -0.25) is 0 Å². The van der Waals surface area contributed by atoms with E-state index in [1.54, 1.807) is 11.3 Å². The van der Waals surface area contributed by atoms with Gasteiger partial charge in [0.1, 0.15) is 5.01 Å². The third-order valence-corrected chi connectivity index (χ3v) is 3.69. The van der Waals surface area contributed by atoms with Crippen LogP contribution >= 0.6 is 11.3 Å². The van der Waals surface area contributed by atoms with Crippen LogP contribution in [0.15, 0.2) is 24.4 Å². The van der Waals surface area contributed by atoms with Gasteiger partial charge in [0.25, 0.3) is 0 Å². The molecule has 0 saturated heterocycles. The van der Waals surface area contributed by atoms with Gasteiger partial charge in [-0.25, -0.2) is 4.98 Å². The number of hydrogen-bond donors (Lipinski definition) is 2. The molecule has 0 bridgehead atoms. The Labute approximate surface area is 106 Å².